The first-order chi connectivity index (χ1) is 16.2. The molecular formula is C21H19F3N6O3S. The summed E-state index contributed by atoms with van der Waals surface area (Å²) in [5, 5.41) is 20.8. The Morgan fingerprint density at radius 1 is 1.21 bits per heavy atom. The lowest BCUT2D eigenvalue weighted by molar-refractivity contribution is -0.192. The van der Waals surface area contributed by atoms with Crippen LogP contribution in [0, 0.1) is 0 Å². The van der Waals surface area contributed by atoms with E-state index in [0.717, 1.165) is 53.3 Å². The lowest BCUT2D eigenvalue weighted by Gasteiger charge is -2.23. The van der Waals surface area contributed by atoms with Gasteiger partial charge in [-0.2, -0.15) is 29.6 Å². The summed E-state index contributed by atoms with van der Waals surface area (Å²) >= 11 is 1.61. The molecule has 0 radical (unpaired) electrons. The Morgan fingerprint density at radius 2 is 1.91 bits per heavy atom. The molecule has 1 amide bonds. The smallest absolute Gasteiger partial charge is 0.475 e. The minimum atomic E-state index is -5.08. The maximum absolute atomic E-state index is 12.0. The van der Waals surface area contributed by atoms with Gasteiger partial charge in [0.25, 0.3) is 5.91 Å². The Balaban J connectivity index is 0.000000344. The first-order valence-electron chi connectivity index (χ1n) is 10.2. The van der Waals surface area contributed by atoms with Gasteiger partial charge in [-0.25, -0.2) is 14.8 Å². The van der Waals surface area contributed by atoms with E-state index in [0.29, 0.717) is 11.5 Å². The average Bonchev–Trinajstić information content (AvgIpc) is 3.47. The summed E-state index contributed by atoms with van der Waals surface area (Å²) in [7, 11) is 0. The van der Waals surface area contributed by atoms with Crippen molar-refractivity contribution in [2.24, 2.45) is 5.73 Å². The maximum Gasteiger partial charge on any atom is 0.490 e. The van der Waals surface area contributed by atoms with Gasteiger partial charge in [0, 0.05) is 27.9 Å². The number of thiophene rings is 1. The SMILES string of the molecule is NC(=O)c1nn(C2CCNCC2)c2c1ccc1cnc(-c3ccsc3)nc12.O=C(O)C(F)(F)F. The van der Waals surface area contributed by atoms with Gasteiger partial charge in [-0.1, -0.05) is 6.07 Å². The third kappa shape index (κ3) is 4.70. The zero-order valence-electron chi connectivity index (χ0n) is 17.5. The molecule has 0 spiro atoms. The number of fused-ring (bicyclic) bond motifs is 3. The number of carbonyl (C=O) groups is 2. The molecule has 1 saturated heterocycles. The van der Waals surface area contributed by atoms with E-state index in [1.807, 2.05) is 39.8 Å². The molecule has 4 heterocycles. The summed E-state index contributed by atoms with van der Waals surface area (Å²) in [6.45, 7) is 1.86. The highest BCUT2D eigenvalue weighted by Crippen LogP contribution is 2.32. The molecule has 1 aliphatic rings. The molecule has 0 aliphatic carbocycles. The van der Waals surface area contributed by atoms with Gasteiger partial charge in [-0.3, -0.25) is 9.48 Å². The number of halogens is 3. The highest BCUT2D eigenvalue weighted by molar-refractivity contribution is 7.08. The van der Waals surface area contributed by atoms with Crippen LogP contribution in [0.1, 0.15) is 29.4 Å². The summed E-state index contributed by atoms with van der Waals surface area (Å²) in [4.78, 5) is 30.2. The highest BCUT2D eigenvalue weighted by atomic mass is 32.1. The fraction of sp³-hybridized carbons (Fsp3) is 0.286. The highest BCUT2D eigenvalue weighted by Gasteiger charge is 2.38. The van der Waals surface area contributed by atoms with Gasteiger partial charge in [0.05, 0.1) is 11.6 Å². The Hall–Kier alpha value is -3.58. The van der Waals surface area contributed by atoms with E-state index in [1.54, 1.807) is 11.3 Å². The third-order valence-electron chi connectivity index (χ3n) is 5.33. The molecule has 5 rings (SSSR count). The number of aromatic nitrogens is 4. The summed E-state index contributed by atoms with van der Waals surface area (Å²) in [5.41, 5.74) is 8.59. The number of rotatable bonds is 3. The van der Waals surface area contributed by atoms with E-state index < -0.39 is 18.1 Å². The second kappa shape index (κ2) is 9.35. The van der Waals surface area contributed by atoms with E-state index in [-0.39, 0.29) is 6.04 Å². The molecule has 178 valence electrons. The number of alkyl halides is 3. The zero-order chi connectivity index (χ0) is 24.5. The average molecular weight is 492 g/mol. The molecule has 13 heteroatoms. The van der Waals surface area contributed by atoms with Crippen molar-refractivity contribution in [3.8, 4) is 11.4 Å². The monoisotopic (exact) mass is 492 g/mol. The van der Waals surface area contributed by atoms with Crippen LogP contribution in [0.2, 0.25) is 0 Å². The molecule has 1 aliphatic heterocycles. The Bertz CT molecular complexity index is 1350. The number of primary amides is 1. The van der Waals surface area contributed by atoms with Gasteiger partial charge < -0.3 is 16.2 Å². The van der Waals surface area contributed by atoms with Crippen molar-refractivity contribution in [2.45, 2.75) is 25.1 Å². The molecule has 9 nitrogen and oxygen atoms in total. The van der Waals surface area contributed by atoms with E-state index in [2.05, 4.69) is 15.4 Å². The standard InChI is InChI=1S/C19H18N6OS.C2HF3O2/c20-18(26)16-14-2-1-11-9-22-19(12-5-8-27-10-12)23-15(11)17(14)25(24-16)13-3-6-21-7-4-13;3-2(4,5)1(6)7/h1-2,5,8-10,13,21H,3-4,6-7H2,(H2,20,26);(H,6,7). The topological polar surface area (TPSA) is 136 Å². The number of carboxylic acid groups (broad SMARTS) is 1. The van der Waals surface area contributed by atoms with Crippen LogP contribution in [0.15, 0.2) is 35.2 Å². The van der Waals surface area contributed by atoms with Gasteiger partial charge in [0.2, 0.25) is 0 Å². The summed E-state index contributed by atoms with van der Waals surface area (Å²) in [5.74, 6) is -2.60. The molecule has 0 saturated carbocycles. The van der Waals surface area contributed by atoms with E-state index >= 15 is 0 Å². The molecule has 0 atom stereocenters. The van der Waals surface area contributed by atoms with Crippen molar-refractivity contribution in [1.82, 2.24) is 25.1 Å². The van der Waals surface area contributed by atoms with Gasteiger partial charge in [0.15, 0.2) is 11.5 Å². The molecule has 0 unspecified atom stereocenters. The molecule has 4 N–H and O–H groups in total. The van der Waals surface area contributed by atoms with Gasteiger partial charge in [-0.05, 0) is 43.4 Å². The Morgan fingerprint density at radius 3 is 2.50 bits per heavy atom. The number of hydrogen-bond acceptors (Lipinski definition) is 7. The molecule has 1 aromatic carbocycles. The van der Waals surface area contributed by atoms with Crippen molar-refractivity contribution < 1.29 is 27.9 Å². The molecule has 1 fully saturated rings. The van der Waals surface area contributed by atoms with Gasteiger partial charge in [-0.15, -0.1) is 0 Å². The fourth-order valence-corrected chi connectivity index (χ4v) is 4.38. The second-order valence-corrected chi connectivity index (χ2v) is 8.33. The quantitative estimate of drug-likeness (QED) is 0.399. The number of nitrogens with zero attached hydrogens (tertiary/aromatic N) is 4. The Labute approximate surface area is 194 Å². The number of benzene rings is 1. The number of piperidine rings is 1. The lowest BCUT2D eigenvalue weighted by atomic mass is 10.1. The fourth-order valence-electron chi connectivity index (χ4n) is 3.75. The zero-order valence-corrected chi connectivity index (χ0v) is 18.4. The number of aliphatic carboxylic acids is 1. The van der Waals surface area contributed by atoms with E-state index in [1.165, 1.54) is 0 Å². The van der Waals surface area contributed by atoms with E-state index in [4.69, 9.17) is 20.6 Å². The van der Waals surface area contributed by atoms with Crippen LogP contribution in [-0.4, -0.2) is 56.0 Å². The molecule has 3 aromatic heterocycles. The number of nitrogens with two attached hydrogens (primary N) is 1. The predicted octanol–water partition coefficient (Wildman–Crippen LogP) is 3.36. The lowest BCUT2D eigenvalue weighted by Crippen LogP contribution is -2.30. The third-order valence-corrected chi connectivity index (χ3v) is 6.01. The van der Waals surface area contributed by atoms with Crippen molar-refractivity contribution in [3.05, 3.63) is 40.8 Å². The minimum Gasteiger partial charge on any atom is -0.475 e. The van der Waals surface area contributed by atoms with Gasteiger partial charge in [0.1, 0.15) is 5.52 Å². The molecule has 0 bridgehead atoms. The van der Waals surface area contributed by atoms with Crippen LogP contribution < -0.4 is 11.1 Å². The summed E-state index contributed by atoms with van der Waals surface area (Å²) < 4.78 is 33.7. The molecular weight excluding hydrogens is 473 g/mol. The number of nitrogens with one attached hydrogen (secondary N) is 1. The minimum absolute atomic E-state index is 0.215. The second-order valence-electron chi connectivity index (χ2n) is 7.55. The van der Waals surface area contributed by atoms with Crippen LogP contribution in [-0.2, 0) is 4.79 Å². The number of carboxylic acids is 1. The maximum atomic E-state index is 12.0. The molecule has 34 heavy (non-hydrogen) atoms. The Kier molecular flexibility index (Phi) is 6.48. The number of amides is 1. The van der Waals surface area contributed by atoms with Crippen molar-refractivity contribution in [3.63, 3.8) is 0 Å². The largest absolute Gasteiger partial charge is 0.490 e. The summed E-state index contributed by atoms with van der Waals surface area (Å²) in [6, 6.07) is 6.05. The first-order valence-corrected chi connectivity index (χ1v) is 11.1. The van der Waals surface area contributed by atoms with Crippen molar-refractivity contribution in [2.75, 3.05) is 13.1 Å². The van der Waals surface area contributed by atoms with Crippen LogP contribution in [0.25, 0.3) is 33.2 Å². The van der Waals surface area contributed by atoms with Crippen molar-refractivity contribution >= 4 is 45.0 Å². The van der Waals surface area contributed by atoms with Crippen LogP contribution in [0.4, 0.5) is 13.2 Å². The normalized spacial score (nSPS) is 14.7. The van der Waals surface area contributed by atoms with Gasteiger partial charge >= 0.3 is 12.1 Å². The van der Waals surface area contributed by atoms with Crippen LogP contribution in [0.3, 0.4) is 0 Å². The number of hydrogen-bond donors (Lipinski definition) is 3. The van der Waals surface area contributed by atoms with E-state index in [9.17, 15) is 18.0 Å². The summed E-state index contributed by atoms with van der Waals surface area (Å²) in [6.07, 6.45) is -1.35. The molecule has 4 aromatic rings. The first kappa shape index (κ1) is 23.6. The predicted molar refractivity (Wildman–Crippen MR) is 119 cm³/mol. The number of carbonyl (C=O) groups excluding carboxylic acids is 1. The van der Waals surface area contributed by atoms with Crippen LogP contribution in [0.5, 0.6) is 0 Å². The van der Waals surface area contributed by atoms with Crippen molar-refractivity contribution in [1.29, 1.82) is 0 Å². The van der Waals surface area contributed by atoms with Crippen LogP contribution >= 0.6 is 11.3 Å².